The van der Waals surface area contributed by atoms with Crippen LogP contribution in [0.1, 0.15) is 25.3 Å². The van der Waals surface area contributed by atoms with E-state index >= 15 is 0 Å². The summed E-state index contributed by atoms with van der Waals surface area (Å²) in [5.41, 5.74) is 2.02. The standard InChI is InChI=1S/C21H27ClN4O2S/c1-4-11-24-12-14-25(15-13-24)19-7-10-21(23-16-19)26(22)29(27,28)20-8-5-18(6-9-20)17(2)3/h4-10,16-17H,1,11-15H2,2-3H3. The molecular weight excluding hydrogens is 408 g/mol. The van der Waals surface area contributed by atoms with Gasteiger partial charge in [0, 0.05) is 44.5 Å². The largest absolute Gasteiger partial charge is 0.368 e. The van der Waals surface area contributed by atoms with Crippen LogP contribution in [0.15, 0.2) is 60.1 Å². The number of pyridine rings is 1. The lowest BCUT2D eigenvalue weighted by atomic mass is 10.0. The number of anilines is 2. The Morgan fingerprint density at radius 2 is 1.79 bits per heavy atom. The monoisotopic (exact) mass is 434 g/mol. The first-order valence-electron chi connectivity index (χ1n) is 9.68. The highest BCUT2D eigenvalue weighted by molar-refractivity contribution is 7.94. The fraction of sp³-hybridized carbons (Fsp3) is 0.381. The topological polar surface area (TPSA) is 56.8 Å². The van der Waals surface area contributed by atoms with E-state index < -0.39 is 10.0 Å². The molecule has 0 spiro atoms. The zero-order chi connectivity index (χ0) is 21.0. The van der Waals surface area contributed by atoms with Gasteiger partial charge in [0.1, 0.15) is 0 Å². The van der Waals surface area contributed by atoms with Crippen LogP contribution in [0.5, 0.6) is 0 Å². The van der Waals surface area contributed by atoms with E-state index in [-0.39, 0.29) is 10.7 Å². The summed E-state index contributed by atoms with van der Waals surface area (Å²) in [5, 5.41) is 0. The maximum Gasteiger partial charge on any atom is 0.279 e. The Hall–Kier alpha value is -2.09. The molecule has 0 amide bonds. The van der Waals surface area contributed by atoms with E-state index in [0.29, 0.717) is 9.74 Å². The molecule has 0 radical (unpaired) electrons. The van der Waals surface area contributed by atoms with Crippen molar-refractivity contribution in [3.63, 3.8) is 0 Å². The molecular formula is C21H27ClN4O2S. The molecule has 0 atom stereocenters. The van der Waals surface area contributed by atoms with Crippen molar-refractivity contribution in [3.05, 3.63) is 60.8 Å². The Bertz CT molecular complexity index is 922. The van der Waals surface area contributed by atoms with Gasteiger partial charge in [0.15, 0.2) is 5.82 Å². The predicted octanol–water partition coefficient (Wildman–Crippen LogP) is 3.86. The Morgan fingerprint density at radius 1 is 1.14 bits per heavy atom. The minimum absolute atomic E-state index is 0.140. The van der Waals surface area contributed by atoms with Gasteiger partial charge in [-0.1, -0.05) is 32.1 Å². The van der Waals surface area contributed by atoms with E-state index in [1.54, 1.807) is 24.4 Å². The highest BCUT2D eigenvalue weighted by Gasteiger charge is 2.25. The van der Waals surface area contributed by atoms with Crippen molar-refractivity contribution in [2.75, 3.05) is 41.4 Å². The molecule has 0 N–H and O–H groups in total. The molecule has 0 saturated carbocycles. The molecule has 6 nitrogen and oxygen atoms in total. The molecule has 0 bridgehead atoms. The molecule has 2 heterocycles. The van der Waals surface area contributed by atoms with Gasteiger partial charge in [-0.2, -0.15) is 12.2 Å². The first-order valence-corrected chi connectivity index (χ1v) is 11.5. The molecule has 1 aliphatic rings. The van der Waals surface area contributed by atoms with E-state index in [4.69, 9.17) is 11.8 Å². The number of nitrogens with zero attached hydrogens (tertiary/aromatic N) is 4. The summed E-state index contributed by atoms with van der Waals surface area (Å²) < 4.78 is 26.4. The highest BCUT2D eigenvalue weighted by Crippen LogP contribution is 2.27. The fourth-order valence-corrected chi connectivity index (χ4v) is 4.64. The molecule has 1 aliphatic heterocycles. The van der Waals surface area contributed by atoms with E-state index in [2.05, 4.69) is 35.2 Å². The van der Waals surface area contributed by atoms with E-state index in [1.807, 2.05) is 24.3 Å². The quantitative estimate of drug-likeness (QED) is 0.489. The second-order valence-corrected chi connectivity index (χ2v) is 9.72. The van der Waals surface area contributed by atoms with Crippen molar-refractivity contribution >= 4 is 33.3 Å². The van der Waals surface area contributed by atoms with Gasteiger partial charge < -0.3 is 4.90 Å². The van der Waals surface area contributed by atoms with Crippen LogP contribution in [0.3, 0.4) is 0 Å². The number of piperazine rings is 1. The maximum absolute atomic E-state index is 12.8. The van der Waals surface area contributed by atoms with Crippen LogP contribution in [0.25, 0.3) is 0 Å². The van der Waals surface area contributed by atoms with Gasteiger partial charge in [-0.3, -0.25) is 4.90 Å². The number of sulfonamides is 1. The number of benzene rings is 1. The van der Waals surface area contributed by atoms with Crippen LogP contribution in [0, 0.1) is 0 Å². The summed E-state index contributed by atoms with van der Waals surface area (Å²) in [6.07, 6.45) is 3.59. The number of rotatable bonds is 7. The minimum Gasteiger partial charge on any atom is -0.368 e. The molecule has 29 heavy (non-hydrogen) atoms. The lowest BCUT2D eigenvalue weighted by Gasteiger charge is -2.35. The normalized spacial score (nSPS) is 15.5. The van der Waals surface area contributed by atoms with Crippen LogP contribution in [-0.4, -0.2) is 51.0 Å². The third-order valence-corrected chi connectivity index (χ3v) is 7.29. The first kappa shape index (κ1) is 21.6. The van der Waals surface area contributed by atoms with Crippen molar-refractivity contribution in [3.8, 4) is 0 Å². The van der Waals surface area contributed by atoms with Crippen LogP contribution in [0.4, 0.5) is 11.5 Å². The van der Waals surface area contributed by atoms with Crippen molar-refractivity contribution in [1.82, 2.24) is 9.88 Å². The van der Waals surface area contributed by atoms with Gasteiger partial charge in [-0.15, -0.1) is 6.58 Å². The Kier molecular flexibility index (Phi) is 6.82. The van der Waals surface area contributed by atoms with Gasteiger partial charge in [-0.25, -0.2) is 4.98 Å². The number of halogens is 1. The third kappa shape index (κ3) is 4.91. The highest BCUT2D eigenvalue weighted by atomic mass is 35.5. The first-order chi connectivity index (χ1) is 13.8. The molecule has 1 aromatic heterocycles. The van der Waals surface area contributed by atoms with Crippen LogP contribution in [0.2, 0.25) is 0 Å². The van der Waals surface area contributed by atoms with Crippen molar-refractivity contribution in [1.29, 1.82) is 0 Å². The smallest absolute Gasteiger partial charge is 0.279 e. The summed E-state index contributed by atoms with van der Waals surface area (Å²) in [4.78, 5) is 9.00. The molecule has 3 rings (SSSR count). The van der Waals surface area contributed by atoms with Crippen molar-refractivity contribution in [2.24, 2.45) is 0 Å². The number of hydrogen-bond donors (Lipinski definition) is 0. The lowest BCUT2D eigenvalue weighted by molar-refractivity contribution is 0.284. The van der Waals surface area contributed by atoms with Gasteiger partial charge in [-0.05, 0) is 35.7 Å². The second-order valence-electron chi connectivity index (χ2n) is 7.39. The molecule has 1 fully saturated rings. The second kappa shape index (κ2) is 9.15. The molecule has 0 unspecified atom stereocenters. The fourth-order valence-electron chi connectivity index (χ4n) is 3.28. The predicted molar refractivity (Wildman–Crippen MR) is 119 cm³/mol. The summed E-state index contributed by atoms with van der Waals surface area (Å²) in [5.74, 6) is 0.500. The minimum atomic E-state index is -3.88. The third-order valence-electron chi connectivity index (χ3n) is 5.09. The van der Waals surface area contributed by atoms with Crippen molar-refractivity contribution < 1.29 is 8.42 Å². The number of aromatic nitrogens is 1. The van der Waals surface area contributed by atoms with Gasteiger partial charge in [0.25, 0.3) is 10.0 Å². The molecule has 2 aromatic rings. The van der Waals surface area contributed by atoms with Gasteiger partial charge in [0.05, 0.1) is 16.8 Å². The zero-order valence-electron chi connectivity index (χ0n) is 16.8. The van der Waals surface area contributed by atoms with E-state index in [9.17, 15) is 8.42 Å². The number of hydrogen-bond acceptors (Lipinski definition) is 5. The Morgan fingerprint density at radius 3 is 2.31 bits per heavy atom. The molecule has 0 aliphatic carbocycles. The SMILES string of the molecule is C=CCN1CCN(c2ccc(N(Cl)S(=O)(=O)c3ccc(C(C)C)cc3)nc2)CC1. The van der Waals surface area contributed by atoms with E-state index in [1.165, 1.54) is 0 Å². The van der Waals surface area contributed by atoms with Crippen LogP contribution in [-0.2, 0) is 10.0 Å². The Balaban J connectivity index is 1.71. The van der Waals surface area contributed by atoms with Crippen LogP contribution >= 0.6 is 11.8 Å². The summed E-state index contributed by atoms with van der Waals surface area (Å²) in [6.45, 7) is 12.5. The molecule has 8 heteroatoms. The summed E-state index contributed by atoms with van der Waals surface area (Å²) in [7, 11) is -3.88. The summed E-state index contributed by atoms with van der Waals surface area (Å²) >= 11 is 6.18. The maximum atomic E-state index is 12.8. The van der Waals surface area contributed by atoms with Crippen LogP contribution < -0.4 is 8.72 Å². The average Bonchev–Trinajstić information content (AvgIpc) is 2.74. The van der Waals surface area contributed by atoms with Crippen molar-refractivity contribution in [2.45, 2.75) is 24.7 Å². The average molecular weight is 435 g/mol. The van der Waals surface area contributed by atoms with Gasteiger partial charge in [0.2, 0.25) is 0 Å². The molecule has 1 aromatic carbocycles. The molecule has 1 saturated heterocycles. The van der Waals surface area contributed by atoms with E-state index in [0.717, 1.165) is 44.0 Å². The Labute approximate surface area is 178 Å². The summed E-state index contributed by atoms with van der Waals surface area (Å²) in [6, 6.07) is 10.3. The van der Waals surface area contributed by atoms with Gasteiger partial charge >= 0.3 is 0 Å². The molecule has 156 valence electrons. The lowest BCUT2D eigenvalue weighted by Crippen LogP contribution is -2.46. The zero-order valence-corrected chi connectivity index (χ0v) is 18.4.